The molecular weight excluding hydrogens is 1000 g/mol. The number of amides is 5. The molecule has 0 bridgehead atoms. The monoisotopic (exact) mass is 1060 g/mol. The van der Waals surface area contributed by atoms with Crippen molar-refractivity contribution in [2.45, 2.75) is 96.1 Å². The molecule has 23 heteroatoms. The lowest BCUT2D eigenvalue weighted by Crippen LogP contribution is -2.59. The highest BCUT2D eigenvalue weighted by molar-refractivity contribution is 7.13. The van der Waals surface area contributed by atoms with Crippen LogP contribution in [0.2, 0.25) is 0 Å². The summed E-state index contributed by atoms with van der Waals surface area (Å²) in [5, 5.41) is 29.1. The van der Waals surface area contributed by atoms with Crippen LogP contribution in [0.25, 0.3) is 27.3 Å². The Morgan fingerprint density at radius 2 is 1.79 bits per heavy atom. The molecule has 2 aromatic carbocycles. The molecule has 2 saturated carbocycles. The molecule has 0 radical (unpaired) electrons. The topological polar surface area (TPSA) is 244 Å². The Bertz CT molecular complexity index is 3160. The van der Waals surface area contributed by atoms with Gasteiger partial charge < -0.3 is 40.9 Å². The Labute approximate surface area is 441 Å². The maximum Gasteiger partial charge on any atom is 0.258 e. The lowest BCUT2D eigenvalue weighted by molar-refractivity contribution is -0.145. The summed E-state index contributed by atoms with van der Waals surface area (Å²) in [5.74, 6) is -1.94. The standard InChI is InChI=1S/C53H61F2N13O7S/c1-30-44(76-29-59-30)32-7-8-34(22-58-48(71)40-21-36(69)26-68(40)50(73)45(52(2,3)4)64-51(74)53(55)11-12-53)42(20-32)75-18-13-56-43(70)28-65-14-16-66(17-15-65)49(72)33-9-10-38(37(54)19-33)62-46-47-57-25-41(35-23-60-61-24-35)67(47)27-39(63-46)31-5-6-31/h7-10,19-20,23-25,27,29,31,36,40,45,69H,5-6,11-18,21-22,26,28H2,1-4H3,(H,56,70)(H,58,71)(H,60,61)(H,62,63)(H,64,74)/t36-,40+,45-/m1/s1. The van der Waals surface area contributed by atoms with Crippen molar-refractivity contribution in [1.82, 2.24) is 60.2 Å². The lowest BCUT2D eigenvalue weighted by Gasteiger charge is -2.35. The SMILES string of the molecule is Cc1ncsc1-c1ccc(CNC(=O)[C@@H]2C[C@@H](O)CN2C(=O)[C@@H](NC(=O)C2(F)CC2)C(C)(C)C)c(OCCNC(=O)CN2CCN(C(=O)c3ccc(Nc4nc(C5CC5)cn5c(-c6cn[nH]c6)cnc45)c(F)c3)CC2)c1. The molecule has 10 rings (SSSR count). The van der Waals surface area contributed by atoms with E-state index in [-0.39, 0.29) is 75.1 Å². The summed E-state index contributed by atoms with van der Waals surface area (Å²) < 4.78 is 38.6. The van der Waals surface area contributed by atoms with Gasteiger partial charge in [0.25, 0.3) is 11.8 Å². The Kier molecular flexibility index (Phi) is 14.6. The summed E-state index contributed by atoms with van der Waals surface area (Å²) in [6, 6.07) is 7.72. The van der Waals surface area contributed by atoms with Gasteiger partial charge in [0.15, 0.2) is 17.1 Å². The zero-order valence-corrected chi connectivity index (χ0v) is 43.5. The van der Waals surface area contributed by atoms with E-state index >= 15 is 4.39 Å². The average molecular weight is 1060 g/mol. The van der Waals surface area contributed by atoms with E-state index in [0.29, 0.717) is 54.9 Å². The van der Waals surface area contributed by atoms with Crippen molar-refractivity contribution >= 4 is 58.0 Å². The molecule has 2 aliphatic carbocycles. The van der Waals surface area contributed by atoms with Crippen LogP contribution in [0.1, 0.15) is 86.1 Å². The van der Waals surface area contributed by atoms with E-state index in [2.05, 4.69) is 41.4 Å². The van der Waals surface area contributed by atoms with Gasteiger partial charge in [0.1, 0.15) is 30.3 Å². The summed E-state index contributed by atoms with van der Waals surface area (Å²) in [6.45, 7) is 8.88. The second-order valence-electron chi connectivity index (χ2n) is 21.1. The first kappa shape index (κ1) is 52.1. The quantitative estimate of drug-likeness (QED) is 0.0630. The first-order valence-corrected chi connectivity index (χ1v) is 26.4. The van der Waals surface area contributed by atoms with Crippen LogP contribution >= 0.6 is 11.3 Å². The van der Waals surface area contributed by atoms with Crippen molar-refractivity contribution in [3.8, 4) is 27.4 Å². The number of aromatic nitrogens is 6. The number of imidazole rings is 1. The molecule has 6 N–H and O–H groups in total. The van der Waals surface area contributed by atoms with E-state index in [0.717, 1.165) is 45.9 Å². The van der Waals surface area contributed by atoms with Gasteiger partial charge in [0.2, 0.25) is 17.7 Å². The van der Waals surface area contributed by atoms with E-state index in [9.17, 15) is 33.5 Å². The number of halogens is 2. The minimum absolute atomic E-state index is 0.00453. The molecule has 0 spiro atoms. The first-order chi connectivity index (χ1) is 36.4. The lowest BCUT2D eigenvalue weighted by atomic mass is 9.85. The van der Waals surface area contributed by atoms with Crippen molar-refractivity contribution in [2.75, 3.05) is 57.7 Å². The molecule has 76 heavy (non-hydrogen) atoms. The van der Waals surface area contributed by atoms with Gasteiger partial charge in [0.05, 0.1) is 64.7 Å². The number of aliphatic hydroxyl groups is 1. The fraction of sp³-hybridized carbons (Fsp3) is 0.453. The molecular formula is C53H61F2N13O7S. The van der Waals surface area contributed by atoms with Gasteiger partial charge in [0, 0.05) is 80.7 Å². The number of nitrogens with one attached hydrogen (secondary N) is 5. The maximum atomic E-state index is 15.8. The van der Waals surface area contributed by atoms with Crippen molar-refractivity contribution in [1.29, 1.82) is 0 Å². The van der Waals surface area contributed by atoms with Crippen LogP contribution in [0.5, 0.6) is 5.75 Å². The van der Waals surface area contributed by atoms with E-state index < -0.39 is 52.8 Å². The number of fused-ring (bicyclic) bond motifs is 1. The van der Waals surface area contributed by atoms with E-state index in [4.69, 9.17) is 9.72 Å². The highest BCUT2D eigenvalue weighted by Gasteiger charge is 2.53. The number of aliphatic hydroxyl groups excluding tert-OH is 1. The van der Waals surface area contributed by atoms with Gasteiger partial charge in [-0.25, -0.2) is 23.7 Å². The third-order valence-corrected chi connectivity index (χ3v) is 15.3. The second kappa shape index (κ2) is 21.3. The first-order valence-electron chi connectivity index (χ1n) is 25.6. The summed E-state index contributed by atoms with van der Waals surface area (Å²) in [7, 11) is 0. The van der Waals surface area contributed by atoms with Crippen molar-refractivity contribution in [2.24, 2.45) is 5.41 Å². The zero-order chi connectivity index (χ0) is 53.5. The molecule has 400 valence electrons. The smallest absolute Gasteiger partial charge is 0.258 e. The number of piperazine rings is 1. The minimum atomic E-state index is -2.00. The number of ether oxygens (including phenoxy) is 1. The minimum Gasteiger partial charge on any atom is -0.491 e. The van der Waals surface area contributed by atoms with Gasteiger partial charge >= 0.3 is 0 Å². The Balaban J connectivity index is 0.710. The van der Waals surface area contributed by atoms with Gasteiger partial charge in [-0.15, -0.1) is 11.3 Å². The van der Waals surface area contributed by atoms with E-state index in [1.54, 1.807) is 55.8 Å². The highest BCUT2D eigenvalue weighted by Crippen LogP contribution is 2.42. The van der Waals surface area contributed by atoms with Crippen LogP contribution in [0.3, 0.4) is 0 Å². The fourth-order valence-electron chi connectivity index (χ4n) is 9.62. The number of anilines is 2. The number of nitrogens with zero attached hydrogens (tertiary/aromatic N) is 8. The van der Waals surface area contributed by atoms with Crippen LogP contribution in [0.4, 0.5) is 20.3 Å². The average Bonchev–Trinajstić information content (AvgIpc) is 4.10. The summed E-state index contributed by atoms with van der Waals surface area (Å²) in [5.41, 5.74) is 4.66. The molecule has 4 fully saturated rings. The predicted molar refractivity (Wildman–Crippen MR) is 278 cm³/mol. The van der Waals surface area contributed by atoms with Crippen LogP contribution < -0.4 is 26.0 Å². The number of thiazole rings is 1. The number of aromatic amines is 1. The number of H-pyrrole nitrogens is 1. The number of aryl methyl sites for hydroxylation is 1. The molecule has 5 amide bonds. The van der Waals surface area contributed by atoms with Crippen LogP contribution in [-0.2, 0) is 25.7 Å². The number of hydrogen-bond acceptors (Lipinski definition) is 14. The molecule has 2 aliphatic heterocycles. The summed E-state index contributed by atoms with van der Waals surface area (Å²) in [6.07, 6.45) is 8.39. The number of rotatable bonds is 18. The number of carbonyl (C=O) groups is 5. The van der Waals surface area contributed by atoms with Crippen LogP contribution in [0, 0.1) is 18.2 Å². The van der Waals surface area contributed by atoms with Gasteiger partial charge in [-0.05, 0) is 67.9 Å². The number of hydrogen-bond donors (Lipinski definition) is 6. The van der Waals surface area contributed by atoms with E-state index in [1.807, 2.05) is 40.6 Å². The molecule has 20 nitrogen and oxygen atoms in total. The number of carbonyl (C=O) groups excluding carboxylic acids is 5. The number of alkyl halides is 1. The number of benzene rings is 2. The van der Waals surface area contributed by atoms with Crippen LogP contribution in [0.15, 0.2) is 66.7 Å². The third kappa shape index (κ3) is 11.4. The molecule has 4 aliphatic rings. The molecule has 4 aromatic heterocycles. The van der Waals surface area contributed by atoms with Crippen molar-refractivity contribution in [3.05, 3.63) is 95.0 Å². The largest absolute Gasteiger partial charge is 0.491 e. The van der Waals surface area contributed by atoms with E-state index in [1.165, 1.54) is 28.4 Å². The van der Waals surface area contributed by atoms with Crippen LogP contribution in [-0.4, -0.2) is 155 Å². The molecule has 6 aromatic rings. The number of β-amino-alcohol motifs (C(OH)–C–C–N with tert-alkyl or cyclic N) is 1. The van der Waals surface area contributed by atoms with Gasteiger partial charge in [-0.1, -0.05) is 32.9 Å². The normalized spacial score (nSPS) is 18.8. The zero-order valence-electron chi connectivity index (χ0n) is 42.7. The van der Waals surface area contributed by atoms with Crippen molar-refractivity contribution < 1.29 is 42.6 Å². The fourth-order valence-corrected chi connectivity index (χ4v) is 10.4. The highest BCUT2D eigenvalue weighted by atomic mass is 32.1. The molecule has 0 unspecified atom stereocenters. The van der Waals surface area contributed by atoms with Gasteiger partial charge in [-0.3, -0.25) is 38.4 Å². The summed E-state index contributed by atoms with van der Waals surface area (Å²) in [4.78, 5) is 86.8. The summed E-state index contributed by atoms with van der Waals surface area (Å²) >= 11 is 1.47. The molecule has 6 heterocycles. The van der Waals surface area contributed by atoms with Crippen molar-refractivity contribution in [3.63, 3.8) is 0 Å². The molecule has 3 atom stereocenters. The molecule has 2 saturated heterocycles. The maximum absolute atomic E-state index is 15.8. The number of likely N-dealkylation sites (tertiary alicyclic amines) is 1. The Hall–Kier alpha value is -7.37. The second-order valence-corrected chi connectivity index (χ2v) is 22.0. The third-order valence-electron chi connectivity index (χ3n) is 14.4. The Morgan fingerprint density at radius 3 is 2.47 bits per heavy atom. The predicted octanol–water partition coefficient (Wildman–Crippen LogP) is 4.88. The van der Waals surface area contributed by atoms with Gasteiger partial charge in [-0.2, -0.15) is 5.10 Å². The Morgan fingerprint density at radius 1 is 1.00 bits per heavy atom.